The minimum atomic E-state index is -0.563. The van der Waals surface area contributed by atoms with Gasteiger partial charge in [-0.15, -0.1) is 0 Å². The van der Waals surface area contributed by atoms with Gasteiger partial charge in [0.05, 0.1) is 5.60 Å². The SMILES string of the molecule is NC1(C2(O)CCCSC2)CCCC1. The van der Waals surface area contributed by atoms with Gasteiger partial charge in [0.2, 0.25) is 0 Å². The second-order valence-electron chi connectivity index (χ2n) is 4.55. The lowest BCUT2D eigenvalue weighted by Gasteiger charge is -2.44. The summed E-state index contributed by atoms with van der Waals surface area (Å²) in [6.45, 7) is 0. The number of aliphatic hydroxyl groups is 1. The Bertz CT molecular complexity index is 183. The zero-order valence-corrected chi connectivity index (χ0v) is 8.91. The highest BCUT2D eigenvalue weighted by molar-refractivity contribution is 7.99. The van der Waals surface area contributed by atoms with E-state index < -0.39 is 5.60 Å². The molecule has 1 unspecified atom stereocenters. The Hall–Kier alpha value is 0.270. The van der Waals surface area contributed by atoms with Gasteiger partial charge in [-0.3, -0.25) is 0 Å². The van der Waals surface area contributed by atoms with E-state index in [0.717, 1.165) is 31.4 Å². The van der Waals surface area contributed by atoms with Gasteiger partial charge in [0.15, 0.2) is 0 Å². The summed E-state index contributed by atoms with van der Waals surface area (Å²) in [5.41, 5.74) is 5.48. The maximum Gasteiger partial charge on any atom is 0.0916 e. The van der Waals surface area contributed by atoms with Crippen LogP contribution in [0.15, 0.2) is 0 Å². The van der Waals surface area contributed by atoms with Crippen LogP contribution in [0.2, 0.25) is 0 Å². The van der Waals surface area contributed by atoms with E-state index in [1.165, 1.54) is 18.6 Å². The van der Waals surface area contributed by atoms with E-state index in [4.69, 9.17) is 5.73 Å². The van der Waals surface area contributed by atoms with Gasteiger partial charge >= 0.3 is 0 Å². The smallest absolute Gasteiger partial charge is 0.0916 e. The van der Waals surface area contributed by atoms with Crippen LogP contribution in [0.3, 0.4) is 0 Å². The first-order chi connectivity index (χ1) is 6.16. The normalized spacial score (nSPS) is 39.2. The molecule has 2 fully saturated rings. The molecule has 2 aliphatic rings. The monoisotopic (exact) mass is 201 g/mol. The molecule has 0 amide bonds. The molecular weight excluding hydrogens is 182 g/mol. The van der Waals surface area contributed by atoms with Gasteiger partial charge in [0.1, 0.15) is 0 Å². The van der Waals surface area contributed by atoms with E-state index in [9.17, 15) is 5.11 Å². The Morgan fingerprint density at radius 1 is 1.08 bits per heavy atom. The Balaban J connectivity index is 2.11. The number of hydrogen-bond acceptors (Lipinski definition) is 3. The Morgan fingerprint density at radius 2 is 1.77 bits per heavy atom. The first-order valence-corrected chi connectivity index (χ1v) is 6.41. The van der Waals surface area contributed by atoms with Crippen molar-refractivity contribution in [3.05, 3.63) is 0 Å². The largest absolute Gasteiger partial charge is 0.387 e. The minimum absolute atomic E-state index is 0.263. The third-order valence-corrected chi connectivity index (χ3v) is 4.90. The van der Waals surface area contributed by atoms with E-state index >= 15 is 0 Å². The van der Waals surface area contributed by atoms with Crippen LogP contribution in [0.1, 0.15) is 38.5 Å². The van der Waals surface area contributed by atoms with Crippen molar-refractivity contribution in [2.45, 2.75) is 49.7 Å². The third kappa shape index (κ3) is 1.62. The highest BCUT2D eigenvalue weighted by Gasteiger charge is 2.49. The molecule has 0 aromatic carbocycles. The van der Waals surface area contributed by atoms with Crippen LogP contribution < -0.4 is 5.73 Å². The minimum Gasteiger partial charge on any atom is -0.387 e. The molecule has 1 saturated carbocycles. The molecule has 0 aromatic rings. The molecule has 3 heteroatoms. The lowest BCUT2D eigenvalue weighted by atomic mass is 9.77. The second-order valence-corrected chi connectivity index (χ2v) is 5.66. The van der Waals surface area contributed by atoms with Crippen molar-refractivity contribution in [2.75, 3.05) is 11.5 Å². The fourth-order valence-electron chi connectivity index (χ4n) is 2.64. The summed E-state index contributed by atoms with van der Waals surface area (Å²) in [4.78, 5) is 0. The number of hydrogen-bond donors (Lipinski definition) is 2. The van der Waals surface area contributed by atoms with E-state index in [0.29, 0.717) is 0 Å². The molecule has 3 N–H and O–H groups in total. The standard InChI is InChI=1S/C10H19NOS/c11-9(4-1-2-5-9)10(12)6-3-7-13-8-10/h12H,1-8,11H2. The Morgan fingerprint density at radius 3 is 2.31 bits per heavy atom. The highest BCUT2D eigenvalue weighted by Crippen LogP contribution is 2.42. The molecular formula is C10H19NOS. The van der Waals surface area contributed by atoms with Gasteiger partial charge in [0, 0.05) is 11.3 Å². The van der Waals surface area contributed by atoms with Crippen molar-refractivity contribution in [3.63, 3.8) is 0 Å². The molecule has 0 aromatic heterocycles. The fourth-order valence-corrected chi connectivity index (χ4v) is 3.91. The quantitative estimate of drug-likeness (QED) is 0.676. The van der Waals surface area contributed by atoms with Gasteiger partial charge in [0.25, 0.3) is 0 Å². The predicted octanol–water partition coefficient (Wildman–Crippen LogP) is 1.52. The van der Waals surface area contributed by atoms with E-state index in [2.05, 4.69) is 0 Å². The van der Waals surface area contributed by atoms with Gasteiger partial charge in [-0.25, -0.2) is 0 Å². The summed E-state index contributed by atoms with van der Waals surface area (Å²) in [7, 11) is 0. The summed E-state index contributed by atoms with van der Waals surface area (Å²) < 4.78 is 0. The lowest BCUT2D eigenvalue weighted by Crippen LogP contribution is -2.61. The Kier molecular flexibility index (Phi) is 2.60. The average molecular weight is 201 g/mol. The molecule has 2 nitrogen and oxygen atoms in total. The summed E-state index contributed by atoms with van der Waals surface area (Å²) >= 11 is 1.86. The summed E-state index contributed by atoms with van der Waals surface area (Å²) in [6.07, 6.45) is 6.47. The summed E-state index contributed by atoms with van der Waals surface area (Å²) in [5.74, 6) is 2.04. The predicted molar refractivity (Wildman–Crippen MR) is 56.9 cm³/mol. The highest BCUT2D eigenvalue weighted by atomic mass is 32.2. The van der Waals surface area contributed by atoms with Crippen molar-refractivity contribution in [1.29, 1.82) is 0 Å². The van der Waals surface area contributed by atoms with Crippen LogP contribution >= 0.6 is 11.8 Å². The van der Waals surface area contributed by atoms with Gasteiger partial charge < -0.3 is 10.8 Å². The number of nitrogens with two attached hydrogens (primary N) is 1. The topological polar surface area (TPSA) is 46.2 Å². The molecule has 0 spiro atoms. The molecule has 2 rings (SSSR count). The lowest BCUT2D eigenvalue weighted by molar-refractivity contribution is -0.0224. The van der Waals surface area contributed by atoms with Crippen molar-refractivity contribution in [2.24, 2.45) is 5.73 Å². The molecule has 1 aliphatic carbocycles. The first kappa shape index (κ1) is 9.81. The van der Waals surface area contributed by atoms with Gasteiger partial charge in [-0.1, -0.05) is 12.8 Å². The van der Waals surface area contributed by atoms with Crippen LogP contribution in [-0.2, 0) is 0 Å². The van der Waals surface area contributed by atoms with Crippen LogP contribution in [0.25, 0.3) is 0 Å². The number of thioether (sulfide) groups is 1. The second kappa shape index (κ2) is 3.44. The van der Waals surface area contributed by atoms with Crippen molar-refractivity contribution >= 4 is 11.8 Å². The van der Waals surface area contributed by atoms with Crippen LogP contribution in [0, 0.1) is 0 Å². The molecule has 0 radical (unpaired) electrons. The van der Waals surface area contributed by atoms with Gasteiger partial charge in [-0.05, 0) is 31.4 Å². The van der Waals surface area contributed by atoms with Gasteiger partial charge in [-0.2, -0.15) is 11.8 Å². The summed E-state index contributed by atoms with van der Waals surface area (Å²) in [6, 6.07) is 0. The maximum absolute atomic E-state index is 10.5. The summed E-state index contributed by atoms with van der Waals surface area (Å²) in [5, 5.41) is 10.5. The fraction of sp³-hybridized carbons (Fsp3) is 1.00. The average Bonchev–Trinajstić information content (AvgIpc) is 2.55. The third-order valence-electron chi connectivity index (χ3n) is 3.64. The van der Waals surface area contributed by atoms with Crippen molar-refractivity contribution in [3.8, 4) is 0 Å². The maximum atomic E-state index is 10.5. The molecule has 0 bridgehead atoms. The first-order valence-electron chi connectivity index (χ1n) is 5.25. The van der Waals surface area contributed by atoms with Crippen LogP contribution in [-0.4, -0.2) is 27.8 Å². The molecule has 1 heterocycles. The molecule has 1 aliphatic heterocycles. The van der Waals surface area contributed by atoms with E-state index in [-0.39, 0.29) is 5.54 Å². The molecule has 13 heavy (non-hydrogen) atoms. The van der Waals surface area contributed by atoms with E-state index in [1.807, 2.05) is 11.8 Å². The Labute approximate surface area is 84.3 Å². The van der Waals surface area contributed by atoms with Crippen LogP contribution in [0.4, 0.5) is 0 Å². The molecule has 1 saturated heterocycles. The van der Waals surface area contributed by atoms with Crippen molar-refractivity contribution in [1.82, 2.24) is 0 Å². The van der Waals surface area contributed by atoms with Crippen LogP contribution in [0.5, 0.6) is 0 Å². The molecule has 76 valence electrons. The molecule has 1 atom stereocenters. The zero-order chi connectivity index (χ0) is 9.36. The van der Waals surface area contributed by atoms with Crippen molar-refractivity contribution < 1.29 is 5.11 Å². The zero-order valence-electron chi connectivity index (χ0n) is 8.09. The number of rotatable bonds is 1. The van der Waals surface area contributed by atoms with E-state index in [1.54, 1.807) is 0 Å².